The molecule has 0 fully saturated rings. The maximum Gasteiger partial charge on any atom is 0.303 e. The number of carboxylic acids is 2. The third-order valence-corrected chi connectivity index (χ3v) is 1.94. The van der Waals surface area contributed by atoms with Crippen LogP contribution in [0.25, 0.3) is 0 Å². The molecule has 0 aromatic heterocycles. The molecular formula is C11H18O4. The van der Waals surface area contributed by atoms with Crippen molar-refractivity contribution in [1.82, 2.24) is 0 Å². The fourth-order valence-corrected chi connectivity index (χ4v) is 1.15. The zero-order valence-corrected chi connectivity index (χ0v) is 8.82. The molecule has 0 aromatic carbocycles. The van der Waals surface area contributed by atoms with E-state index in [1.54, 1.807) is 0 Å². The summed E-state index contributed by atoms with van der Waals surface area (Å²) >= 11 is 0. The van der Waals surface area contributed by atoms with Gasteiger partial charge in [0.25, 0.3) is 0 Å². The lowest BCUT2D eigenvalue weighted by Gasteiger charge is -1.93. The van der Waals surface area contributed by atoms with Gasteiger partial charge in [0, 0.05) is 12.8 Å². The molecule has 0 radical (unpaired) electrons. The number of carboxylic acid groups (broad SMARTS) is 2. The van der Waals surface area contributed by atoms with Crippen LogP contribution in [0, 0.1) is 0 Å². The van der Waals surface area contributed by atoms with E-state index < -0.39 is 11.9 Å². The zero-order chi connectivity index (χ0) is 11.5. The predicted octanol–water partition coefficient (Wildman–Crippen LogP) is 2.44. The molecular weight excluding hydrogens is 196 g/mol. The van der Waals surface area contributed by atoms with E-state index in [1.807, 2.05) is 12.2 Å². The summed E-state index contributed by atoms with van der Waals surface area (Å²) in [5, 5.41) is 16.7. The Morgan fingerprint density at radius 3 is 1.80 bits per heavy atom. The smallest absolute Gasteiger partial charge is 0.303 e. The molecule has 0 unspecified atom stereocenters. The number of carbonyl (C=O) groups is 2. The third kappa shape index (κ3) is 12.7. The molecule has 0 aliphatic carbocycles. The Labute approximate surface area is 89.6 Å². The highest BCUT2D eigenvalue weighted by Crippen LogP contribution is 2.02. The Kier molecular flexibility index (Phi) is 8.43. The molecule has 0 aromatic rings. The van der Waals surface area contributed by atoms with E-state index in [0.717, 1.165) is 19.3 Å². The molecule has 0 amide bonds. The number of allylic oxidation sites excluding steroid dienone is 2. The van der Waals surface area contributed by atoms with E-state index in [0.29, 0.717) is 12.8 Å². The molecule has 0 rings (SSSR count). The molecule has 4 nitrogen and oxygen atoms in total. The topological polar surface area (TPSA) is 74.6 Å². The van der Waals surface area contributed by atoms with Gasteiger partial charge in [-0.15, -0.1) is 0 Å². The van der Waals surface area contributed by atoms with Crippen LogP contribution in [0.5, 0.6) is 0 Å². The number of aliphatic carboxylic acids is 2. The predicted molar refractivity (Wildman–Crippen MR) is 56.7 cm³/mol. The van der Waals surface area contributed by atoms with Crippen LogP contribution in [0.3, 0.4) is 0 Å². The maximum absolute atomic E-state index is 10.2. The average Bonchev–Trinajstić information content (AvgIpc) is 2.14. The Balaban J connectivity index is 3.17. The fourth-order valence-electron chi connectivity index (χ4n) is 1.15. The lowest BCUT2D eigenvalue weighted by Crippen LogP contribution is -1.93. The molecule has 4 heteroatoms. The molecule has 0 atom stereocenters. The van der Waals surface area contributed by atoms with E-state index in [1.165, 1.54) is 0 Å². The summed E-state index contributed by atoms with van der Waals surface area (Å²) in [4.78, 5) is 20.3. The molecule has 0 spiro atoms. The van der Waals surface area contributed by atoms with Crippen molar-refractivity contribution < 1.29 is 19.8 Å². The first-order chi connectivity index (χ1) is 7.13. The second kappa shape index (κ2) is 9.24. The normalized spacial score (nSPS) is 10.7. The van der Waals surface area contributed by atoms with Gasteiger partial charge in [0.2, 0.25) is 0 Å². The van der Waals surface area contributed by atoms with Crippen LogP contribution in [-0.2, 0) is 9.59 Å². The summed E-state index contributed by atoms with van der Waals surface area (Å²) in [7, 11) is 0. The number of hydrogen-bond acceptors (Lipinski definition) is 2. The summed E-state index contributed by atoms with van der Waals surface area (Å²) in [5.74, 6) is -1.51. The average molecular weight is 214 g/mol. The van der Waals surface area contributed by atoms with E-state index in [-0.39, 0.29) is 12.8 Å². The molecule has 0 saturated heterocycles. The second-order valence-electron chi connectivity index (χ2n) is 3.40. The standard InChI is InChI=1S/C11H18O4/c12-10(13)8-6-4-2-1-3-5-7-9-11(14)15/h1-2H,3-9H2,(H,12,13)(H,14,15)/b2-1+. The van der Waals surface area contributed by atoms with Gasteiger partial charge in [-0.25, -0.2) is 0 Å². The first kappa shape index (κ1) is 13.7. The van der Waals surface area contributed by atoms with Crippen molar-refractivity contribution in [3.8, 4) is 0 Å². The maximum atomic E-state index is 10.2. The number of rotatable bonds is 9. The number of hydrogen-bond donors (Lipinski definition) is 2. The van der Waals surface area contributed by atoms with Gasteiger partial charge in [-0.05, 0) is 32.1 Å². The van der Waals surface area contributed by atoms with Gasteiger partial charge in [0.05, 0.1) is 0 Å². The van der Waals surface area contributed by atoms with Crippen LogP contribution in [0.1, 0.15) is 44.9 Å². The van der Waals surface area contributed by atoms with Gasteiger partial charge in [0.15, 0.2) is 0 Å². The molecule has 0 aliphatic heterocycles. The van der Waals surface area contributed by atoms with Crippen molar-refractivity contribution in [1.29, 1.82) is 0 Å². The van der Waals surface area contributed by atoms with Gasteiger partial charge >= 0.3 is 11.9 Å². The minimum atomic E-state index is -0.759. The molecule has 86 valence electrons. The molecule has 0 aliphatic rings. The summed E-state index contributed by atoms with van der Waals surface area (Å²) in [6, 6.07) is 0. The molecule has 0 bridgehead atoms. The van der Waals surface area contributed by atoms with Crippen molar-refractivity contribution in [3.05, 3.63) is 12.2 Å². The van der Waals surface area contributed by atoms with E-state index in [4.69, 9.17) is 10.2 Å². The van der Waals surface area contributed by atoms with Crippen LogP contribution in [-0.4, -0.2) is 22.2 Å². The Bertz CT molecular complexity index is 221. The van der Waals surface area contributed by atoms with Crippen molar-refractivity contribution in [2.45, 2.75) is 44.9 Å². The van der Waals surface area contributed by atoms with Crippen LogP contribution < -0.4 is 0 Å². The van der Waals surface area contributed by atoms with E-state index in [9.17, 15) is 9.59 Å². The minimum Gasteiger partial charge on any atom is -0.481 e. The Morgan fingerprint density at radius 2 is 1.27 bits per heavy atom. The van der Waals surface area contributed by atoms with Crippen LogP contribution >= 0.6 is 0 Å². The van der Waals surface area contributed by atoms with Crippen LogP contribution in [0.4, 0.5) is 0 Å². The lowest BCUT2D eigenvalue weighted by atomic mass is 10.1. The largest absolute Gasteiger partial charge is 0.481 e. The summed E-state index contributed by atoms with van der Waals surface area (Å²) in [5.41, 5.74) is 0. The SMILES string of the molecule is O=C(O)CCC/C=C/CCCCC(=O)O. The second-order valence-corrected chi connectivity index (χ2v) is 3.40. The van der Waals surface area contributed by atoms with Crippen LogP contribution in [0.15, 0.2) is 12.2 Å². The Hall–Kier alpha value is -1.32. The fraction of sp³-hybridized carbons (Fsp3) is 0.636. The van der Waals surface area contributed by atoms with Gasteiger partial charge in [-0.2, -0.15) is 0 Å². The monoisotopic (exact) mass is 214 g/mol. The number of unbranched alkanes of at least 4 members (excludes halogenated alkanes) is 3. The third-order valence-electron chi connectivity index (χ3n) is 1.94. The highest BCUT2D eigenvalue weighted by atomic mass is 16.4. The summed E-state index contributed by atoms with van der Waals surface area (Å²) in [6.07, 6.45) is 8.30. The minimum absolute atomic E-state index is 0.212. The van der Waals surface area contributed by atoms with Gasteiger partial charge in [-0.3, -0.25) is 9.59 Å². The zero-order valence-electron chi connectivity index (χ0n) is 8.82. The molecule has 15 heavy (non-hydrogen) atoms. The van der Waals surface area contributed by atoms with E-state index >= 15 is 0 Å². The quantitative estimate of drug-likeness (QED) is 0.456. The van der Waals surface area contributed by atoms with Crippen molar-refractivity contribution in [2.75, 3.05) is 0 Å². The van der Waals surface area contributed by atoms with E-state index in [2.05, 4.69) is 0 Å². The molecule has 0 heterocycles. The Morgan fingerprint density at radius 1 is 0.800 bits per heavy atom. The van der Waals surface area contributed by atoms with Crippen molar-refractivity contribution in [2.24, 2.45) is 0 Å². The summed E-state index contributed by atoms with van der Waals surface area (Å²) in [6.45, 7) is 0. The first-order valence-electron chi connectivity index (χ1n) is 5.21. The van der Waals surface area contributed by atoms with Gasteiger partial charge in [-0.1, -0.05) is 12.2 Å². The van der Waals surface area contributed by atoms with Crippen molar-refractivity contribution in [3.63, 3.8) is 0 Å². The van der Waals surface area contributed by atoms with Crippen molar-refractivity contribution >= 4 is 11.9 Å². The van der Waals surface area contributed by atoms with Crippen LogP contribution in [0.2, 0.25) is 0 Å². The highest BCUT2D eigenvalue weighted by molar-refractivity contribution is 5.66. The lowest BCUT2D eigenvalue weighted by molar-refractivity contribution is -0.138. The first-order valence-corrected chi connectivity index (χ1v) is 5.21. The molecule has 0 saturated carbocycles. The molecule has 2 N–H and O–H groups in total. The highest BCUT2D eigenvalue weighted by Gasteiger charge is 1.95. The van der Waals surface area contributed by atoms with Gasteiger partial charge in [0.1, 0.15) is 0 Å². The summed E-state index contributed by atoms with van der Waals surface area (Å²) < 4.78 is 0. The van der Waals surface area contributed by atoms with Gasteiger partial charge < -0.3 is 10.2 Å².